The number of rotatable bonds is 3. The Morgan fingerprint density at radius 1 is 1.21 bits per heavy atom. The largest absolute Gasteiger partial charge is 0.389 e. The number of hydrogen-bond donors (Lipinski definition) is 1. The van der Waals surface area contributed by atoms with Gasteiger partial charge in [-0.05, 0) is 18.8 Å². The second-order valence-electron chi connectivity index (χ2n) is 5.25. The average molecular weight is 197 g/mol. The summed E-state index contributed by atoms with van der Waals surface area (Å²) in [6.07, 6.45) is 7.12. The number of hydrogen-bond acceptors (Lipinski definition) is 2. The molecule has 0 atom stereocenters. The predicted octanol–water partition coefficient (Wildman–Crippen LogP) is 2.02. The number of β-amino-alcohol motifs (C(OH)–C–C–N with tert-alkyl or cyclic N) is 1. The van der Waals surface area contributed by atoms with E-state index in [2.05, 4.69) is 11.8 Å². The third kappa shape index (κ3) is 2.29. The molecule has 1 saturated heterocycles. The molecule has 1 aliphatic carbocycles. The maximum absolute atomic E-state index is 10.3. The Morgan fingerprint density at radius 3 is 2.43 bits per heavy atom. The van der Waals surface area contributed by atoms with Gasteiger partial charge < -0.3 is 5.11 Å². The molecule has 2 heteroatoms. The van der Waals surface area contributed by atoms with Gasteiger partial charge in [-0.25, -0.2) is 0 Å². The van der Waals surface area contributed by atoms with Crippen LogP contribution in [-0.4, -0.2) is 35.2 Å². The maximum Gasteiger partial charge on any atom is 0.0774 e. The first-order chi connectivity index (χ1) is 6.72. The van der Waals surface area contributed by atoms with Gasteiger partial charge in [0.05, 0.1) is 5.60 Å². The smallest absolute Gasteiger partial charge is 0.0774 e. The van der Waals surface area contributed by atoms with Gasteiger partial charge >= 0.3 is 0 Å². The first-order valence-corrected chi connectivity index (χ1v) is 6.16. The van der Waals surface area contributed by atoms with Gasteiger partial charge in [-0.1, -0.05) is 32.6 Å². The molecule has 2 fully saturated rings. The van der Waals surface area contributed by atoms with E-state index in [9.17, 15) is 5.11 Å². The van der Waals surface area contributed by atoms with Gasteiger partial charge in [-0.2, -0.15) is 0 Å². The van der Waals surface area contributed by atoms with E-state index >= 15 is 0 Å². The normalized spacial score (nSPS) is 28.7. The summed E-state index contributed by atoms with van der Waals surface area (Å²) in [5.41, 5.74) is -0.336. The molecule has 0 aromatic heterocycles. The molecule has 1 N–H and O–H groups in total. The Morgan fingerprint density at radius 2 is 1.86 bits per heavy atom. The molecule has 0 aromatic rings. The zero-order chi connectivity index (χ0) is 10.0. The molecule has 2 nitrogen and oxygen atoms in total. The van der Waals surface area contributed by atoms with E-state index in [1.165, 1.54) is 38.8 Å². The molecule has 14 heavy (non-hydrogen) atoms. The summed E-state index contributed by atoms with van der Waals surface area (Å²) in [5, 5.41) is 10.3. The van der Waals surface area contributed by atoms with Crippen LogP contribution in [0.1, 0.15) is 45.4 Å². The lowest BCUT2D eigenvalue weighted by atomic mass is 9.83. The van der Waals surface area contributed by atoms with Crippen LogP contribution in [-0.2, 0) is 0 Å². The van der Waals surface area contributed by atoms with Crippen molar-refractivity contribution in [2.75, 3.05) is 19.6 Å². The topological polar surface area (TPSA) is 23.5 Å². The Balaban J connectivity index is 1.74. The highest BCUT2D eigenvalue weighted by molar-refractivity contribution is 4.89. The molecule has 0 amide bonds. The monoisotopic (exact) mass is 197 g/mol. The first kappa shape index (κ1) is 10.4. The van der Waals surface area contributed by atoms with Gasteiger partial charge in [0, 0.05) is 19.6 Å². The standard InChI is InChI=1S/C12H23NO/c1-2-11-8-13(9-11)10-12(14)6-4-3-5-7-12/h11,14H,2-10H2,1H3. The lowest BCUT2D eigenvalue weighted by Crippen LogP contribution is -2.54. The van der Waals surface area contributed by atoms with Crippen LogP contribution in [0.3, 0.4) is 0 Å². The minimum absolute atomic E-state index is 0.336. The molecule has 82 valence electrons. The van der Waals surface area contributed by atoms with Gasteiger partial charge in [0.1, 0.15) is 0 Å². The van der Waals surface area contributed by atoms with Crippen LogP contribution in [0.2, 0.25) is 0 Å². The van der Waals surface area contributed by atoms with Gasteiger partial charge in [0.2, 0.25) is 0 Å². The Hall–Kier alpha value is -0.0800. The SMILES string of the molecule is CCC1CN(CC2(O)CCCCC2)C1. The van der Waals surface area contributed by atoms with Crippen LogP contribution in [0.25, 0.3) is 0 Å². The molecular weight excluding hydrogens is 174 g/mol. The predicted molar refractivity (Wildman–Crippen MR) is 58.3 cm³/mol. The van der Waals surface area contributed by atoms with E-state index in [1.807, 2.05) is 0 Å². The fourth-order valence-corrected chi connectivity index (χ4v) is 2.85. The number of aliphatic hydroxyl groups is 1. The Kier molecular flexibility index (Phi) is 3.13. The van der Waals surface area contributed by atoms with Gasteiger partial charge in [-0.3, -0.25) is 4.90 Å². The van der Waals surface area contributed by atoms with Gasteiger partial charge in [0.15, 0.2) is 0 Å². The molecule has 0 aromatic carbocycles. The molecule has 0 spiro atoms. The van der Waals surface area contributed by atoms with Crippen molar-refractivity contribution in [1.82, 2.24) is 4.90 Å². The van der Waals surface area contributed by atoms with Crippen molar-refractivity contribution in [3.63, 3.8) is 0 Å². The van der Waals surface area contributed by atoms with Crippen LogP contribution in [0, 0.1) is 5.92 Å². The zero-order valence-electron chi connectivity index (χ0n) is 9.34. The molecule has 0 bridgehead atoms. The highest BCUT2D eigenvalue weighted by Crippen LogP contribution is 2.31. The molecule has 0 unspecified atom stereocenters. The van der Waals surface area contributed by atoms with Crippen LogP contribution < -0.4 is 0 Å². The van der Waals surface area contributed by atoms with E-state index in [1.54, 1.807) is 0 Å². The van der Waals surface area contributed by atoms with Crippen LogP contribution >= 0.6 is 0 Å². The maximum atomic E-state index is 10.3. The van der Waals surface area contributed by atoms with Gasteiger partial charge in [-0.15, -0.1) is 0 Å². The van der Waals surface area contributed by atoms with Crippen LogP contribution in [0.15, 0.2) is 0 Å². The summed E-state index contributed by atoms with van der Waals surface area (Å²) < 4.78 is 0. The highest BCUT2D eigenvalue weighted by atomic mass is 16.3. The van der Waals surface area contributed by atoms with E-state index in [-0.39, 0.29) is 5.60 Å². The minimum atomic E-state index is -0.336. The third-order valence-electron chi connectivity index (χ3n) is 3.91. The molecule has 0 radical (unpaired) electrons. The van der Waals surface area contributed by atoms with Crippen LogP contribution in [0.5, 0.6) is 0 Å². The highest BCUT2D eigenvalue weighted by Gasteiger charge is 2.35. The fraction of sp³-hybridized carbons (Fsp3) is 1.00. The van der Waals surface area contributed by atoms with Crippen molar-refractivity contribution in [3.05, 3.63) is 0 Å². The second-order valence-corrected chi connectivity index (χ2v) is 5.25. The lowest BCUT2D eigenvalue weighted by Gasteiger charge is -2.44. The second kappa shape index (κ2) is 4.19. The summed E-state index contributed by atoms with van der Waals surface area (Å²) in [6, 6.07) is 0. The Labute approximate surface area is 87.3 Å². The number of likely N-dealkylation sites (tertiary alicyclic amines) is 1. The van der Waals surface area contributed by atoms with Crippen molar-refractivity contribution >= 4 is 0 Å². The number of nitrogens with zero attached hydrogens (tertiary/aromatic N) is 1. The summed E-state index contributed by atoms with van der Waals surface area (Å²) in [6.45, 7) is 5.64. The summed E-state index contributed by atoms with van der Waals surface area (Å²) in [4.78, 5) is 2.43. The van der Waals surface area contributed by atoms with E-state index in [0.29, 0.717) is 0 Å². The lowest BCUT2D eigenvalue weighted by molar-refractivity contribution is -0.0534. The average Bonchev–Trinajstić information content (AvgIpc) is 2.12. The molecular formula is C12H23NO. The van der Waals surface area contributed by atoms with Gasteiger partial charge in [0.25, 0.3) is 0 Å². The summed E-state index contributed by atoms with van der Waals surface area (Å²) in [7, 11) is 0. The Bertz CT molecular complexity index is 181. The first-order valence-electron chi connectivity index (χ1n) is 6.16. The molecule has 2 aliphatic rings. The van der Waals surface area contributed by atoms with E-state index in [4.69, 9.17) is 0 Å². The summed E-state index contributed by atoms with van der Waals surface area (Å²) in [5.74, 6) is 0.905. The quantitative estimate of drug-likeness (QED) is 0.748. The van der Waals surface area contributed by atoms with E-state index in [0.717, 1.165) is 25.3 Å². The molecule has 1 saturated carbocycles. The molecule has 1 heterocycles. The summed E-state index contributed by atoms with van der Waals surface area (Å²) >= 11 is 0. The van der Waals surface area contributed by atoms with Crippen molar-refractivity contribution < 1.29 is 5.11 Å². The zero-order valence-corrected chi connectivity index (χ0v) is 9.34. The van der Waals surface area contributed by atoms with Crippen molar-refractivity contribution in [2.24, 2.45) is 5.92 Å². The van der Waals surface area contributed by atoms with Crippen molar-refractivity contribution in [2.45, 2.75) is 51.0 Å². The molecule has 2 rings (SSSR count). The minimum Gasteiger partial charge on any atom is -0.389 e. The third-order valence-corrected chi connectivity index (χ3v) is 3.91. The van der Waals surface area contributed by atoms with E-state index < -0.39 is 0 Å². The van der Waals surface area contributed by atoms with Crippen LogP contribution in [0.4, 0.5) is 0 Å². The molecule has 1 aliphatic heterocycles. The van der Waals surface area contributed by atoms with Crippen molar-refractivity contribution in [1.29, 1.82) is 0 Å². The van der Waals surface area contributed by atoms with Crippen molar-refractivity contribution in [3.8, 4) is 0 Å². The fourth-order valence-electron chi connectivity index (χ4n) is 2.85.